The van der Waals surface area contributed by atoms with Crippen molar-refractivity contribution in [3.05, 3.63) is 47.7 Å². The number of hydrogen-bond donors (Lipinski definition) is 1. The third kappa shape index (κ3) is 1.62. The average Bonchev–Trinajstić information content (AvgIpc) is 2.94. The Balaban J connectivity index is 2.21. The molecule has 5 heteroatoms. The molecule has 1 aromatic carbocycles. The van der Waals surface area contributed by atoms with E-state index in [-0.39, 0.29) is 5.91 Å². The Morgan fingerprint density at radius 3 is 2.84 bits per heavy atom. The van der Waals surface area contributed by atoms with E-state index in [1.807, 2.05) is 13.0 Å². The summed E-state index contributed by atoms with van der Waals surface area (Å²) in [6, 6.07) is 5.39. The molecule has 0 aliphatic carbocycles. The highest BCUT2D eigenvalue weighted by molar-refractivity contribution is 6.04. The van der Waals surface area contributed by atoms with Crippen LogP contribution in [0.5, 0.6) is 0 Å². The number of aryl methyl sites for hydroxylation is 2. The Kier molecular flexibility index (Phi) is 2.41. The van der Waals surface area contributed by atoms with Crippen LogP contribution < -0.4 is 5.73 Å². The number of carbonyl (C=O) groups is 1. The maximum absolute atomic E-state index is 12.6. The van der Waals surface area contributed by atoms with Crippen LogP contribution in [0.3, 0.4) is 0 Å². The van der Waals surface area contributed by atoms with Crippen molar-refractivity contribution in [2.45, 2.75) is 13.8 Å². The van der Waals surface area contributed by atoms with Crippen LogP contribution in [0, 0.1) is 13.8 Å². The lowest BCUT2D eigenvalue weighted by Gasteiger charge is -2.03. The number of anilines is 1. The van der Waals surface area contributed by atoms with Crippen molar-refractivity contribution in [3.8, 4) is 0 Å². The van der Waals surface area contributed by atoms with E-state index < -0.39 is 0 Å². The van der Waals surface area contributed by atoms with Gasteiger partial charge in [0.05, 0.1) is 23.0 Å². The van der Waals surface area contributed by atoms with E-state index in [4.69, 9.17) is 10.2 Å². The largest absolute Gasteiger partial charge is 0.469 e. The monoisotopic (exact) mass is 255 g/mol. The number of nitrogen functional groups attached to an aromatic ring is 1. The molecule has 0 fully saturated rings. The molecule has 3 aromatic rings. The number of hydrogen-bond acceptors (Lipinski definition) is 4. The molecule has 0 unspecified atom stereocenters. The molecule has 2 N–H and O–H groups in total. The first kappa shape index (κ1) is 11.5. The molecule has 2 aromatic heterocycles. The maximum Gasteiger partial charge on any atom is 0.267 e. The minimum Gasteiger partial charge on any atom is -0.469 e. The zero-order chi connectivity index (χ0) is 13.6. The van der Waals surface area contributed by atoms with Gasteiger partial charge < -0.3 is 10.2 Å². The summed E-state index contributed by atoms with van der Waals surface area (Å²) >= 11 is 0. The van der Waals surface area contributed by atoms with Gasteiger partial charge >= 0.3 is 0 Å². The summed E-state index contributed by atoms with van der Waals surface area (Å²) in [5.41, 5.74) is 9.12. The number of furan rings is 1. The molecule has 2 heterocycles. The van der Waals surface area contributed by atoms with Crippen LogP contribution in [0.25, 0.3) is 11.0 Å². The summed E-state index contributed by atoms with van der Waals surface area (Å²) in [4.78, 5) is 16.8. The predicted octanol–water partition coefficient (Wildman–Crippen LogP) is 2.52. The third-order valence-corrected chi connectivity index (χ3v) is 3.20. The van der Waals surface area contributed by atoms with Gasteiger partial charge in [-0.05, 0) is 26.0 Å². The van der Waals surface area contributed by atoms with E-state index in [2.05, 4.69) is 4.98 Å². The number of carbonyl (C=O) groups excluding carboxylic acids is 1. The van der Waals surface area contributed by atoms with Gasteiger partial charge in [0.1, 0.15) is 17.6 Å². The molecule has 0 saturated heterocycles. The highest BCUT2D eigenvalue weighted by atomic mass is 16.3. The maximum atomic E-state index is 12.6. The molecule has 0 spiro atoms. The van der Waals surface area contributed by atoms with E-state index >= 15 is 0 Å². The highest BCUT2D eigenvalue weighted by Gasteiger charge is 2.19. The SMILES string of the molecule is Cc1coc(C)c1C(=O)n1cnc2c(N)cccc21. The summed E-state index contributed by atoms with van der Waals surface area (Å²) in [6.45, 7) is 3.62. The third-order valence-electron chi connectivity index (χ3n) is 3.20. The zero-order valence-electron chi connectivity index (χ0n) is 10.7. The Morgan fingerprint density at radius 1 is 1.37 bits per heavy atom. The summed E-state index contributed by atoms with van der Waals surface area (Å²) in [5.74, 6) is 0.449. The second-order valence-electron chi connectivity index (χ2n) is 4.48. The number of fused-ring (bicyclic) bond motifs is 1. The van der Waals surface area contributed by atoms with Crippen LogP contribution in [0.4, 0.5) is 5.69 Å². The lowest BCUT2D eigenvalue weighted by Crippen LogP contribution is -2.12. The van der Waals surface area contributed by atoms with Gasteiger partial charge in [-0.15, -0.1) is 0 Å². The first-order valence-electron chi connectivity index (χ1n) is 5.90. The predicted molar refractivity (Wildman–Crippen MR) is 72.1 cm³/mol. The zero-order valence-corrected chi connectivity index (χ0v) is 10.7. The summed E-state index contributed by atoms with van der Waals surface area (Å²) in [6.07, 6.45) is 3.07. The lowest BCUT2D eigenvalue weighted by molar-refractivity contribution is 0.0962. The van der Waals surface area contributed by atoms with Crippen LogP contribution in [-0.2, 0) is 0 Å². The first-order chi connectivity index (χ1) is 9.09. The summed E-state index contributed by atoms with van der Waals surface area (Å²) in [5, 5.41) is 0. The number of nitrogens with zero attached hydrogens (tertiary/aromatic N) is 2. The number of rotatable bonds is 1. The van der Waals surface area contributed by atoms with Crippen LogP contribution in [0.1, 0.15) is 21.7 Å². The van der Waals surface area contributed by atoms with Crippen molar-refractivity contribution >= 4 is 22.6 Å². The number of nitrogens with two attached hydrogens (primary N) is 1. The molecule has 0 saturated carbocycles. The Hall–Kier alpha value is -2.56. The minimum atomic E-state index is -0.156. The van der Waals surface area contributed by atoms with Gasteiger partial charge in [-0.1, -0.05) is 6.07 Å². The molecule has 0 aliphatic rings. The van der Waals surface area contributed by atoms with E-state index in [0.717, 1.165) is 5.56 Å². The van der Waals surface area contributed by atoms with E-state index in [1.165, 1.54) is 10.9 Å². The molecular formula is C14H13N3O2. The van der Waals surface area contributed by atoms with Gasteiger partial charge in [0, 0.05) is 5.56 Å². The number of benzene rings is 1. The molecular weight excluding hydrogens is 242 g/mol. The standard InChI is InChI=1S/C14H13N3O2/c1-8-6-19-9(2)12(8)14(18)17-7-16-13-10(15)4-3-5-11(13)17/h3-7H,15H2,1-2H3. The topological polar surface area (TPSA) is 74.0 Å². The highest BCUT2D eigenvalue weighted by Crippen LogP contribution is 2.22. The van der Waals surface area contributed by atoms with Gasteiger partial charge in [-0.25, -0.2) is 4.98 Å². The quantitative estimate of drug-likeness (QED) is 0.678. The molecule has 5 nitrogen and oxygen atoms in total. The molecule has 0 amide bonds. The van der Waals surface area contributed by atoms with Gasteiger partial charge in [0.25, 0.3) is 5.91 Å². The molecule has 96 valence electrons. The van der Waals surface area contributed by atoms with E-state index in [9.17, 15) is 4.79 Å². The van der Waals surface area contributed by atoms with Crippen LogP contribution in [0.2, 0.25) is 0 Å². The van der Waals surface area contributed by atoms with Crippen molar-refractivity contribution in [1.29, 1.82) is 0 Å². The first-order valence-corrected chi connectivity index (χ1v) is 5.90. The Bertz CT molecular complexity index is 764. The molecule has 0 atom stereocenters. The van der Waals surface area contributed by atoms with Gasteiger partial charge in [0.15, 0.2) is 0 Å². The van der Waals surface area contributed by atoms with Crippen molar-refractivity contribution in [2.24, 2.45) is 0 Å². The second kappa shape index (κ2) is 3.98. The molecule has 0 radical (unpaired) electrons. The number of imidazole rings is 1. The number of para-hydroxylation sites is 1. The van der Waals surface area contributed by atoms with Gasteiger partial charge in [0.2, 0.25) is 0 Å². The van der Waals surface area contributed by atoms with Crippen LogP contribution >= 0.6 is 0 Å². The fourth-order valence-electron chi connectivity index (χ4n) is 2.24. The average molecular weight is 255 g/mol. The second-order valence-corrected chi connectivity index (χ2v) is 4.48. The molecule has 0 aliphatic heterocycles. The summed E-state index contributed by atoms with van der Waals surface area (Å²) < 4.78 is 6.77. The minimum absolute atomic E-state index is 0.156. The fourth-order valence-corrected chi connectivity index (χ4v) is 2.24. The van der Waals surface area contributed by atoms with Crippen LogP contribution in [-0.4, -0.2) is 15.5 Å². The van der Waals surface area contributed by atoms with Crippen molar-refractivity contribution in [3.63, 3.8) is 0 Å². The molecule has 0 bridgehead atoms. The Labute approximate surface area is 109 Å². The smallest absolute Gasteiger partial charge is 0.267 e. The van der Waals surface area contributed by atoms with Crippen LogP contribution in [0.15, 0.2) is 35.2 Å². The van der Waals surface area contributed by atoms with E-state index in [0.29, 0.717) is 28.0 Å². The summed E-state index contributed by atoms with van der Waals surface area (Å²) in [7, 11) is 0. The number of aromatic nitrogens is 2. The van der Waals surface area contributed by atoms with Gasteiger partial charge in [-0.2, -0.15) is 0 Å². The van der Waals surface area contributed by atoms with E-state index in [1.54, 1.807) is 25.3 Å². The van der Waals surface area contributed by atoms with Crippen molar-refractivity contribution in [2.75, 3.05) is 5.73 Å². The normalized spacial score (nSPS) is 11.1. The fraction of sp³-hybridized carbons (Fsp3) is 0.143. The lowest BCUT2D eigenvalue weighted by atomic mass is 10.1. The molecule has 19 heavy (non-hydrogen) atoms. The molecule has 3 rings (SSSR count). The van der Waals surface area contributed by atoms with Crippen molar-refractivity contribution < 1.29 is 9.21 Å². The van der Waals surface area contributed by atoms with Crippen molar-refractivity contribution in [1.82, 2.24) is 9.55 Å². The Morgan fingerprint density at radius 2 is 2.16 bits per heavy atom. The van der Waals surface area contributed by atoms with Gasteiger partial charge in [-0.3, -0.25) is 9.36 Å².